The van der Waals surface area contributed by atoms with Crippen molar-refractivity contribution in [1.29, 1.82) is 0 Å². The van der Waals surface area contributed by atoms with Gasteiger partial charge in [-0.25, -0.2) is 0 Å². The summed E-state index contributed by atoms with van der Waals surface area (Å²) >= 11 is 0. The molecule has 0 atom stereocenters. The van der Waals surface area contributed by atoms with Crippen molar-refractivity contribution in [2.45, 2.75) is 6.36 Å². The van der Waals surface area contributed by atoms with Gasteiger partial charge in [-0.1, -0.05) is 17.2 Å². The van der Waals surface area contributed by atoms with Gasteiger partial charge in [-0.2, -0.15) is 0 Å². The zero-order chi connectivity index (χ0) is 21.4. The highest BCUT2D eigenvalue weighted by atomic mass is 19.4. The summed E-state index contributed by atoms with van der Waals surface area (Å²) in [6, 6.07) is 11.6. The predicted molar refractivity (Wildman–Crippen MR) is 107 cm³/mol. The molecule has 1 fully saturated rings. The number of benzene rings is 2. The maximum absolute atomic E-state index is 12.4. The molecule has 31 heavy (non-hydrogen) atoms. The van der Waals surface area contributed by atoms with Gasteiger partial charge in [0.05, 0.1) is 6.26 Å². The third-order valence-corrected chi connectivity index (χ3v) is 5.02. The molecular weight excluding hydrogens is 413 g/mol. The summed E-state index contributed by atoms with van der Waals surface area (Å²) in [5.74, 6) is 0.104. The normalized spacial score (nSPS) is 14.9. The molecule has 2 aromatic carbocycles. The van der Waals surface area contributed by atoms with Gasteiger partial charge in [-0.15, -0.1) is 18.3 Å². The summed E-state index contributed by atoms with van der Waals surface area (Å²) in [6.07, 6.45) is -3.17. The first-order chi connectivity index (χ1) is 15.0. The molecule has 0 amide bonds. The van der Waals surface area contributed by atoms with E-state index in [0.29, 0.717) is 23.1 Å². The third-order valence-electron chi connectivity index (χ3n) is 5.02. The van der Waals surface area contributed by atoms with Crippen LogP contribution < -0.4 is 15.0 Å². The minimum absolute atomic E-state index is 0.281. The number of piperazine rings is 1. The SMILES string of the molecule is FC(F)(F)Oc1ccc(-c2coc3ccc(-c4nnc(N5CCNCC5)o4)cc23)cc1. The molecule has 0 aliphatic carbocycles. The second-order valence-electron chi connectivity index (χ2n) is 7.06. The highest BCUT2D eigenvalue weighted by Gasteiger charge is 2.31. The van der Waals surface area contributed by atoms with Crippen LogP contribution in [-0.4, -0.2) is 42.7 Å². The highest BCUT2D eigenvalue weighted by Crippen LogP contribution is 2.35. The fraction of sp³-hybridized carbons (Fsp3) is 0.238. The molecule has 3 heterocycles. The number of alkyl halides is 3. The minimum atomic E-state index is -4.73. The highest BCUT2D eigenvalue weighted by molar-refractivity contribution is 5.96. The molecule has 0 saturated carbocycles. The standard InChI is InChI=1S/C21H17F3N4O3/c22-21(23,24)31-15-4-1-13(2-5-15)17-12-29-18-6-3-14(11-16(17)18)19-26-27-20(30-19)28-9-7-25-8-10-28/h1-6,11-12,25H,7-10H2. The van der Waals surface area contributed by atoms with Crippen LogP contribution in [0.3, 0.4) is 0 Å². The molecule has 5 rings (SSSR count). The first kappa shape index (κ1) is 19.4. The summed E-state index contributed by atoms with van der Waals surface area (Å²) in [6.45, 7) is 3.30. The van der Waals surface area contributed by atoms with E-state index in [1.807, 2.05) is 17.0 Å². The van der Waals surface area contributed by atoms with Crippen molar-refractivity contribution < 1.29 is 26.7 Å². The van der Waals surface area contributed by atoms with Crippen LogP contribution >= 0.6 is 0 Å². The number of hydrogen-bond acceptors (Lipinski definition) is 7. The lowest BCUT2D eigenvalue weighted by Gasteiger charge is -2.24. The minimum Gasteiger partial charge on any atom is -0.464 e. The van der Waals surface area contributed by atoms with Crippen LogP contribution in [0.15, 0.2) is 57.6 Å². The van der Waals surface area contributed by atoms with Crippen LogP contribution in [0.4, 0.5) is 19.2 Å². The summed E-state index contributed by atoms with van der Waals surface area (Å²) < 4.78 is 52.6. The molecule has 160 valence electrons. The predicted octanol–water partition coefficient (Wildman–Crippen LogP) is 4.46. The van der Waals surface area contributed by atoms with Gasteiger partial charge in [0.25, 0.3) is 0 Å². The van der Waals surface area contributed by atoms with E-state index in [1.54, 1.807) is 24.5 Å². The fourth-order valence-electron chi connectivity index (χ4n) is 3.54. The van der Waals surface area contributed by atoms with Crippen molar-refractivity contribution in [2.75, 3.05) is 31.1 Å². The fourth-order valence-corrected chi connectivity index (χ4v) is 3.54. The van der Waals surface area contributed by atoms with E-state index < -0.39 is 6.36 Å². The van der Waals surface area contributed by atoms with Crippen molar-refractivity contribution in [3.63, 3.8) is 0 Å². The van der Waals surface area contributed by atoms with E-state index in [1.165, 1.54) is 12.1 Å². The molecule has 1 N–H and O–H groups in total. The van der Waals surface area contributed by atoms with Crippen molar-refractivity contribution in [1.82, 2.24) is 15.5 Å². The van der Waals surface area contributed by atoms with E-state index in [9.17, 15) is 13.2 Å². The van der Waals surface area contributed by atoms with Gasteiger partial charge in [-0.05, 0) is 35.9 Å². The molecule has 4 aromatic rings. The van der Waals surface area contributed by atoms with Gasteiger partial charge < -0.3 is 23.8 Å². The van der Waals surface area contributed by atoms with Crippen LogP contribution in [-0.2, 0) is 0 Å². The monoisotopic (exact) mass is 430 g/mol. The second-order valence-corrected chi connectivity index (χ2v) is 7.06. The number of halogens is 3. The summed E-state index contributed by atoms with van der Waals surface area (Å²) in [7, 11) is 0. The number of rotatable bonds is 4. The largest absolute Gasteiger partial charge is 0.573 e. The number of furan rings is 1. The molecule has 0 unspecified atom stereocenters. The van der Waals surface area contributed by atoms with Crippen molar-refractivity contribution in [3.05, 3.63) is 48.7 Å². The first-order valence-electron chi connectivity index (χ1n) is 9.63. The van der Waals surface area contributed by atoms with Crippen LogP contribution in [0.1, 0.15) is 0 Å². The molecule has 10 heteroatoms. The molecule has 7 nitrogen and oxygen atoms in total. The molecule has 1 aliphatic rings. The number of hydrogen-bond donors (Lipinski definition) is 1. The number of fused-ring (bicyclic) bond motifs is 1. The quantitative estimate of drug-likeness (QED) is 0.512. The van der Waals surface area contributed by atoms with Gasteiger partial charge in [0.15, 0.2) is 0 Å². The molecule has 1 saturated heterocycles. The molecule has 2 aromatic heterocycles. The Bertz CT molecular complexity index is 1190. The van der Waals surface area contributed by atoms with Crippen LogP contribution in [0.2, 0.25) is 0 Å². The second kappa shape index (κ2) is 7.62. The number of ether oxygens (including phenoxy) is 1. The number of aromatic nitrogens is 2. The lowest BCUT2D eigenvalue weighted by atomic mass is 10.0. The van der Waals surface area contributed by atoms with E-state index in [2.05, 4.69) is 20.3 Å². The maximum Gasteiger partial charge on any atom is 0.573 e. The Hall–Kier alpha value is -3.53. The molecule has 1 aliphatic heterocycles. The van der Waals surface area contributed by atoms with Crippen molar-refractivity contribution in [2.24, 2.45) is 0 Å². The van der Waals surface area contributed by atoms with Crippen molar-refractivity contribution >= 4 is 17.0 Å². The average Bonchev–Trinajstić information content (AvgIpc) is 3.41. The Balaban J connectivity index is 1.44. The Morgan fingerprint density at radius 3 is 2.45 bits per heavy atom. The van der Waals surface area contributed by atoms with Crippen molar-refractivity contribution in [3.8, 4) is 28.3 Å². The maximum atomic E-state index is 12.4. The molecule has 0 spiro atoms. The first-order valence-corrected chi connectivity index (χ1v) is 9.63. The summed E-state index contributed by atoms with van der Waals surface area (Å²) in [5.41, 5.74) is 2.78. The summed E-state index contributed by atoms with van der Waals surface area (Å²) in [4.78, 5) is 2.03. The zero-order valence-corrected chi connectivity index (χ0v) is 16.1. The average molecular weight is 430 g/mol. The Morgan fingerprint density at radius 1 is 0.968 bits per heavy atom. The Kier molecular flexibility index (Phi) is 4.78. The van der Waals surface area contributed by atoms with E-state index in [0.717, 1.165) is 42.7 Å². The lowest BCUT2D eigenvalue weighted by molar-refractivity contribution is -0.274. The summed E-state index contributed by atoms with van der Waals surface area (Å²) in [5, 5.41) is 12.4. The third kappa shape index (κ3) is 4.06. The number of nitrogens with one attached hydrogen (secondary N) is 1. The number of nitrogens with zero attached hydrogens (tertiary/aromatic N) is 3. The molecular formula is C21H17F3N4O3. The van der Waals surface area contributed by atoms with Crippen LogP contribution in [0, 0.1) is 0 Å². The molecule has 0 radical (unpaired) electrons. The lowest BCUT2D eigenvalue weighted by Crippen LogP contribution is -2.43. The smallest absolute Gasteiger partial charge is 0.464 e. The van der Waals surface area contributed by atoms with E-state index in [-0.39, 0.29) is 5.75 Å². The Labute approximate surface area is 174 Å². The van der Waals surface area contributed by atoms with E-state index in [4.69, 9.17) is 8.83 Å². The van der Waals surface area contributed by atoms with Gasteiger partial charge in [-0.3, -0.25) is 0 Å². The molecule has 0 bridgehead atoms. The van der Waals surface area contributed by atoms with Gasteiger partial charge in [0, 0.05) is 42.7 Å². The van der Waals surface area contributed by atoms with Gasteiger partial charge in [0.1, 0.15) is 11.3 Å². The van der Waals surface area contributed by atoms with Crippen LogP contribution in [0.25, 0.3) is 33.6 Å². The van der Waals surface area contributed by atoms with Crippen LogP contribution in [0.5, 0.6) is 5.75 Å². The van der Waals surface area contributed by atoms with Gasteiger partial charge in [0.2, 0.25) is 5.89 Å². The zero-order valence-electron chi connectivity index (χ0n) is 16.1. The van der Waals surface area contributed by atoms with Gasteiger partial charge >= 0.3 is 12.4 Å². The Morgan fingerprint density at radius 2 is 1.71 bits per heavy atom. The number of anilines is 1. The van der Waals surface area contributed by atoms with E-state index >= 15 is 0 Å². The topological polar surface area (TPSA) is 76.6 Å².